The first-order valence-electron chi connectivity index (χ1n) is 9.36. The molecule has 1 amide bonds. The molecule has 0 spiro atoms. The summed E-state index contributed by atoms with van der Waals surface area (Å²) < 4.78 is 52.8. The molecule has 0 bridgehead atoms. The first-order valence-corrected chi connectivity index (χ1v) is 14.1. The number of carbonyl (C=O) groups excluding carboxylic acids is 1. The summed E-state index contributed by atoms with van der Waals surface area (Å²) in [5.41, 5.74) is 0.938. The summed E-state index contributed by atoms with van der Waals surface area (Å²) >= 11 is 1.52. The lowest BCUT2D eigenvalue weighted by atomic mass is 10.1. The smallest absolute Gasteiger partial charge is 0.241 e. The number of nitrogens with zero attached hydrogens (tertiary/aromatic N) is 1. The molecule has 11 heteroatoms. The van der Waals surface area contributed by atoms with Crippen molar-refractivity contribution in [1.29, 1.82) is 0 Å². The number of aryl methyl sites for hydroxylation is 1. The number of piperidine rings is 1. The maximum atomic E-state index is 12.8. The molecule has 1 aromatic rings. The van der Waals surface area contributed by atoms with Crippen LogP contribution in [0.2, 0.25) is 0 Å². The molecule has 1 aromatic carbocycles. The van der Waals surface area contributed by atoms with Crippen molar-refractivity contribution in [3.8, 4) is 0 Å². The van der Waals surface area contributed by atoms with Gasteiger partial charge in [0.1, 0.15) is 6.04 Å². The molecule has 0 aromatic heterocycles. The standard InChI is InChI=1S/C18H29N3O5S3/c1-14-6-8-16(9-7-14)29(25,26)20-17(10-12-27-2)18(22)19-15-5-4-11-21(13-15)28(3,23)24/h6-9,15,17,20H,4-5,10-13H2,1-3H3,(H,19,22). The second-order valence-corrected chi connectivity index (χ2v) is 11.9. The number of sulfonamides is 2. The Morgan fingerprint density at radius 1 is 1.24 bits per heavy atom. The van der Waals surface area contributed by atoms with Gasteiger partial charge in [-0.3, -0.25) is 4.79 Å². The number of hydrogen-bond acceptors (Lipinski definition) is 6. The minimum absolute atomic E-state index is 0.103. The molecule has 1 fully saturated rings. The monoisotopic (exact) mass is 463 g/mol. The predicted octanol–water partition coefficient (Wildman–Crippen LogP) is 0.935. The van der Waals surface area contributed by atoms with E-state index in [1.54, 1.807) is 12.1 Å². The number of hydrogen-bond donors (Lipinski definition) is 2. The number of amides is 1. The molecule has 2 atom stereocenters. The van der Waals surface area contributed by atoms with E-state index < -0.39 is 32.0 Å². The van der Waals surface area contributed by atoms with Crippen LogP contribution in [0.3, 0.4) is 0 Å². The first kappa shape index (κ1) is 24.1. The fourth-order valence-corrected chi connectivity index (χ4v) is 5.73. The van der Waals surface area contributed by atoms with E-state index in [9.17, 15) is 21.6 Å². The van der Waals surface area contributed by atoms with Gasteiger partial charge in [-0.2, -0.15) is 16.5 Å². The zero-order valence-corrected chi connectivity index (χ0v) is 19.4. The van der Waals surface area contributed by atoms with Gasteiger partial charge in [-0.05, 0) is 50.3 Å². The van der Waals surface area contributed by atoms with Gasteiger partial charge in [0.25, 0.3) is 0 Å². The minimum atomic E-state index is -3.85. The number of carbonyl (C=O) groups is 1. The zero-order valence-electron chi connectivity index (χ0n) is 16.9. The van der Waals surface area contributed by atoms with Gasteiger partial charge in [-0.15, -0.1) is 0 Å². The van der Waals surface area contributed by atoms with Gasteiger partial charge in [0.05, 0.1) is 11.2 Å². The Bertz CT molecular complexity index is 901. The molecule has 1 saturated heterocycles. The molecule has 1 aliphatic heterocycles. The summed E-state index contributed by atoms with van der Waals surface area (Å²) in [7, 11) is -7.18. The van der Waals surface area contributed by atoms with Crippen LogP contribution in [-0.2, 0) is 24.8 Å². The van der Waals surface area contributed by atoms with Crippen molar-refractivity contribution in [3.05, 3.63) is 29.8 Å². The highest BCUT2D eigenvalue weighted by atomic mass is 32.2. The molecule has 8 nitrogen and oxygen atoms in total. The highest BCUT2D eigenvalue weighted by Gasteiger charge is 2.30. The van der Waals surface area contributed by atoms with E-state index in [0.29, 0.717) is 31.6 Å². The molecule has 0 aliphatic carbocycles. The summed E-state index contributed by atoms with van der Waals surface area (Å²) in [5, 5.41) is 2.83. The summed E-state index contributed by atoms with van der Waals surface area (Å²) in [4.78, 5) is 12.9. The summed E-state index contributed by atoms with van der Waals surface area (Å²) in [6.07, 6.45) is 4.66. The summed E-state index contributed by atoms with van der Waals surface area (Å²) in [5.74, 6) is 0.171. The van der Waals surface area contributed by atoms with E-state index in [1.807, 2.05) is 13.2 Å². The Balaban J connectivity index is 2.10. The molecule has 0 saturated carbocycles. The van der Waals surface area contributed by atoms with E-state index in [-0.39, 0.29) is 17.5 Å². The van der Waals surface area contributed by atoms with Gasteiger partial charge in [0.15, 0.2) is 0 Å². The van der Waals surface area contributed by atoms with Crippen LogP contribution < -0.4 is 10.0 Å². The average molecular weight is 464 g/mol. The molecular formula is C18H29N3O5S3. The Morgan fingerprint density at radius 2 is 1.90 bits per heavy atom. The highest BCUT2D eigenvalue weighted by molar-refractivity contribution is 7.98. The third-order valence-corrected chi connectivity index (χ3v) is 8.16. The van der Waals surface area contributed by atoms with Crippen LogP contribution in [0.15, 0.2) is 29.2 Å². The Hall–Kier alpha value is -1.14. The molecule has 0 radical (unpaired) electrons. The fourth-order valence-electron chi connectivity index (χ4n) is 3.12. The lowest BCUT2D eigenvalue weighted by Gasteiger charge is -2.32. The van der Waals surface area contributed by atoms with Crippen LogP contribution in [0.5, 0.6) is 0 Å². The van der Waals surface area contributed by atoms with Gasteiger partial charge in [-0.1, -0.05) is 17.7 Å². The lowest BCUT2D eigenvalue weighted by Crippen LogP contribution is -2.54. The van der Waals surface area contributed by atoms with E-state index in [4.69, 9.17) is 0 Å². The van der Waals surface area contributed by atoms with Crippen LogP contribution in [0.4, 0.5) is 0 Å². The Kier molecular flexibility index (Phi) is 8.53. The SMILES string of the molecule is CSCCC(NS(=O)(=O)c1ccc(C)cc1)C(=O)NC1CCCN(S(C)(=O)=O)C1. The lowest BCUT2D eigenvalue weighted by molar-refractivity contribution is -0.123. The van der Waals surface area contributed by atoms with Crippen LogP contribution in [-0.4, -0.2) is 70.5 Å². The van der Waals surface area contributed by atoms with E-state index in [1.165, 1.54) is 28.2 Å². The van der Waals surface area contributed by atoms with Crippen LogP contribution in [0, 0.1) is 6.92 Å². The molecule has 2 unspecified atom stereocenters. The normalized spacial score (nSPS) is 19.6. The largest absolute Gasteiger partial charge is 0.351 e. The molecule has 29 heavy (non-hydrogen) atoms. The molecule has 2 rings (SSSR count). The number of rotatable bonds is 9. The molecule has 2 N–H and O–H groups in total. The van der Waals surface area contributed by atoms with Crippen molar-refractivity contribution in [1.82, 2.24) is 14.3 Å². The third-order valence-electron chi connectivity index (χ3n) is 4.76. The van der Waals surface area contributed by atoms with E-state index >= 15 is 0 Å². The van der Waals surface area contributed by atoms with Gasteiger partial charge in [0.2, 0.25) is 26.0 Å². The quantitative estimate of drug-likeness (QED) is 0.564. The minimum Gasteiger partial charge on any atom is -0.351 e. The maximum Gasteiger partial charge on any atom is 0.241 e. The van der Waals surface area contributed by atoms with Crippen molar-refractivity contribution in [3.63, 3.8) is 0 Å². The fraction of sp³-hybridized carbons (Fsp3) is 0.611. The summed E-state index contributed by atoms with van der Waals surface area (Å²) in [6.45, 7) is 2.49. The summed E-state index contributed by atoms with van der Waals surface area (Å²) in [6, 6.07) is 5.15. The van der Waals surface area contributed by atoms with Crippen molar-refractivity contribution >= 4 is 37.7 Å². The molecule has 1 aliphatic rings. The van der Waals surface area contributed by atoms with Gasteiger partial charge in [-0.25, -0.2) is 21.1 Å². The predicted molar refractivity (Wildman–Crippen MR) is 116 cm³/mol. The topological polar surface area (TPSA) is 113 Å². The third kappa shape index (κ3) is 7.25. The molecular weight excluding hydrogens is 434 g/mol. The van der Waals surface area contributed by atoms with Crippen molar-refractivity contribution < 1.29 is 21.6 Å². The zero-order chi connectivity index (χ0) is 21.7. The van der Waals surface area contributed by atoms with Gasteiger partial charge < -0.3 is 5.32 Å². The van der Waals surface area contributed by atoms with Gasteiger partial charge >= 0.3 is 0 Å². The van der Waals surface area contributed by atoms with Crippen LogP contribution in [0.1, 0.15) is 24.8 Å². The number of nitrogens with one attached hydrogen (secondary N) is 2. The van der Waals surface area contributed by atoms with Crippen molar-refractivity contribution in [2.24, 2.45) is 0 Å². The van der Waals surface area contributed by atoms with Crippen molar-refractivity contribution in [2.45, 2.75) is 43.2 Å². The number of thioether (sulfide) groups is 1. The first-order chi connectivity index (χ1) is 13.5. The second-order valence-electron chi connectivity index (χ2n) is 7.24. The maximum absolute atomic E-state index is 12.8. The Morgan fingerprint density at radius 3 is 2.48 bits per heavy atom. The molecule has 1 heterocycles. The Labute approximate surface area is 177 Å². The van der Waals surface area contributed by atoms with Gasteiger partial charge in [0, 0.05) is 19.1 Å². The van der Waals surface area contributed by atoms with Crippen LogP contribution in [0.25, 0.3) is 0 Å². The molecule has 164 valence electrons. The van der Waals surface area contributed by atoms with E-state index in [2.05, 4.69) is 10.0 Å². The van der Waals surface area contributed by atoms with E-state index in [0.717, 1.165) is 11.8 Å². The van der Waals surface area contributed by atoms with Crippen LogP contribution >= 0.6 is 11.8 Å². The second kappa shape index (κ2) is 10.3. The van der Waals surface area contributed by atoms with Crippen molar-refractivity contribution in [2.75, 3.05) is 31.4 Å². The average Bonchev–Trinajstić information content (AvgIpc) is 2.65. The highest BCUT2D eigenvalue weighted by Crippen LogP contribution is 2.15. The number of benzene rings is 1.